The molecular formula is C16H23NO4. The molecule has 0 radical (unpaired) electrons. The summed E-state index contributed by atoms with van der Waals surface area (Å²) in [5, 5.41) is 9.37. The lowest BCUT2D eigenvalue weighted by molar-refractivity contribution is -0.142. The fourth-order valence-corrected chi connectivity index (χ4v) is 2.99. The molecule has 1 aliphatic heterocycles. The standard InChI is InChI=1S/C16H23NO4/c1-5-6-7-8-16-9-11(13(18)19)17(12(16)10-16)14(20)21-15(2,3)4/h5,7-8,11-12H,1,6,9-10H2,2-4H3,(H,18,19). The molecule has 0 spiro atoms. The zero-order chi connectivity index (χ0) is 15.8. The summed E-state index contributed by atoms with van der Waals surface area (Å²) < 4.78 is 5.35. The summed E-state index contributed by atoms with van der Waals surface area (Å²) in [5.74, 6) is -0.968. The number of nitrogens with zero attached hydrogens (tertiary/aromatic N) is 1. The summed E-state index contributed by atoms with van der Waals surface area (Å²) in [5.41, 5.74) is -0.818. The molecule has 3 unspecified atom stereocenters. The smallest absolute Gasteiger partial charge is 0.411 e. The second kappa shape index (κ2) is 5.20. The van der Waals surface area contributed by atoms with Crippen LogP contribution in [0.2, 0.25) is 0 Å². The highest BCUT2D eigenvalue weighted by atomic mass is 16.6. The highest BCUT2D eigenvalue weighted by Crippen LogP contribution is 2.60. The molecule has 116 valence electrons. The molecule has 0 bridgehead atoms. The number of aliphatic carboxylic acids is 1. The van der Waals surface area contributed by atoms with E-state index in [1.807, 2.05) is 12.2 Å². The van der Waals surface area contributed by atoms with E-state index in [-0.39, 0.29) is 11.5 Å². The summed E-state index contributed by atoms with van der Waals surface area (Å²) in [6.45, 7) is 8.99. The maximum Gasteiger partial charge on any atom is 0.411 e. The lowest BCUT2D eigenvalue weighted by Gasteiger charge is -2.28. The SMILES string of the molecule is C=CCC=CC12CC(C(=O)O)N(C(=O)OC(C)(C)C)C1C2. The molecule has 0 aromatic carbocycles. The van der Waals surface area contributed by atoms with Crippen molar-refractivity contribution < 1.29 is 19.4 Å². The molecule has 0 aromatic heterocycles. The van der Waals surface area contributed by atoms with Crippen LogP contribution in [-0.2, 0) is 9.53 Å². The Morgan fingerprint density at radius 1 is 1.43 bits per heavy atom. The van der Waals surface area contributed by atoms with Crippen LogP contribution in [0.15, 0.2) is 24.8 Å². The van der Waals surface area contributed by atoms with Gasteiger partial charge in [-0.15, -0.1) is 6.58 Å². The summed E-state index contributed by atoms with van der Waals surface area (Å²) >= 11 is 0. The number of carbonyl (C=O) groups excluding carboxylic acids is 1. The Bertz CT molecular complexity index is 491. The number of carboxylic acid groups (broad SMARTS) is 1. The van der Waals surface area contributed by atoms with Gasteiger partial charge in [-0.1, -0.05) is 18.2 Å². The maximum absolute atomic E-state index is 12.3. The number of ether oxygens (including phenoxy) is 1. The molecule has 3 atom stereocenters. The number of fused-ring (bicyclic) bond motifs is 1. The van der Waals surface area contributed by atoms with Crippen molar-refractivity contribution in [1.29, 1.82) is 0 Å². The van der Waals surface area contributed by atoms with Gasteiger partial charge in [0.25, 0.3) is 0 Å². The minimum atomic E-state index is -0.968. The third-order valence-electron chi connectivity index (χ3n) is 3.96. The third kappa shape index (κ3) is 3.12. The van der Waals surface area contributed by atoms with Crippen LogP contribution < -0.4 is 0 Å². The lowest BCUT2D eigenvalue weighted by atomic mass is 9.99. The summed E-state index contributed by atoms with van der Waals surface area (Å²) in [7, 11) is 0. The van der Waals surface area contributed by atoms with Gasteiger partial charge in [0.2, 0.25) is 0 Å². The van der Waals surface area contributed by atoms with Crippen LogP contribution >= 0.6 is 0 Å². The van der Waals surface area contributed by atoms with Crippen LogP contribution in [0.1, 0.15) is 40.0 Å². The predicted octanol–water partition coefficient (Wildman–Crippen LogP) is 2.97. The first-order valence-corrected chi connectivity index (χ1v) is 7.23. The van der Waals surface area contributed by atoms with E-state index in [4.69, 9.17) is 4.74 Å². The van der Waals surface area contributed by atoms with Gasteiger partial charge in [0.05, 0.1) is 0 Å². The molecular weight excluding hydrogens is 270 g/mol. The van der Waals surface area contributed by atoms with Crippen LogP contribution in [0.4, 0.5) is 4.79 Å². The van der Waals surface area contributed by atoms with Gasteiger partial charge in [0.15, 0.2) is 0 Å². The van der Waals surface area contributed by atoms with E-state index in [9.17, 15) is 14.7 Å². The quantitative estimate of drug-likeness (QED) is 0.809. The van der Waals surface area contributed by atoms with E-state index >= 15 is 0 Å². The maximum atomic E-state index is 12.3. The first-order chi connectivity index (χ1) is 9.70. The van der Waals surface area contributed by atoms with Crippen LogP contribution in [0, 0.1) is 5.41 Å². The van der Waals surface area contributed by atoms with Crippen molar-refractivity contribution in [3.63, 3.8) is 0 Å². The van der Waals surface area contributed by atoms with E-state index in [0.29, 0.717) is 6.42 Å². The zero-order valence-corrected chi connectivity index (χ0v) is 12.8. The van der Waals surface area contributed by atoms with E-state index in [0.717, 1.165) is 12.8 Å². The predicted molar refractivity (Wildman–Crippen MR) is 78.9 cm³/mol. The first-order valence-electron chi connectivity index (χ1n) is 7.23. The third-order valence-corrected chi connectivity index (χ3v) is 3.96. The van der Waals surface area contributed by atoms with Gasteiger partial charge in [0, 0.05) is 11.5 Å². The van der Waals surface area contributed by atoms with Gasteiger partial charge < -0.3 is 9.84 Å². The van der Waals surface area contributed by atoms with Crippen molar-refractivity contribution in [3.8, 4) is 0 Å². The van der Waals surface area contributed by atoms with E-state index in [1.54, 1.807) is 26.8 Å². The molecule has 2 rings (SSSR count). The second-order valence-corrected chi connectivity index (χ2v) is 6.83. The fraction of sp³-hybridized carbons (Fsp3) is 0.625. The molecule has 1 N–H and O–H groups in total. The van der Waals surface area contributed by atoms with Crippen LogP contribution in [0.25, 0.3) is 0 Å². The Kier molecular flexibility index (Phi) is 3.87. The molecule has 1 aliphatic carbocycles. The molecule has 1 amide bonds. The van der Waals surface area contributed by atoms with Gasteiger partial charge >= 0.3 is 12.1 Å². The van der Waals surface area contributed by atoms with Crippen molar-refractivity contribution in [2.75, 3.05) is 0 Å². The Labute approximate surface area is 125 Å². The molecule has 5 heteroatoms. The first kappa shape index (κ1) is 15.6. The van der Waals surface area contributed by atoms with Crippen LogP contribution in [0.5, 0.6) is 0 Å². The molecule has 21 heavy (non-hydrogen) atoms. The molecule has 2 aliphatic rings. The van der Waals surface area contributed by atoms with Gasteiger partial charge in [-0.25, -0.2) is 9.59 Å². The van der Waals surface area contributed by atoms with Gasteiger partial charge in [-0.05, 0) is 40.0 Å². The lowest BCUT2D eigenvalue weighted by Crippen LogP contribution is -2.45. The van der Waals surface area contributed by atoms with Crippen molar-refractivity contribution in [2.24, 2.45) is 5.41 Å². The molecule has 0 aromatic rings. The van der Waals surface area contributed by atoms with Crippen molar-refractivity contribution in [2.45, 2.75) is 57.7 Å². The Morgan fingerprint density at radius 2 is 2.10 bits per heavy atom. The van der Waals surface area contributed by atoms with Crippen molar-refractivity contribution in [1.82, 2.24) is 4.90 Å². The average molecular weight is 293 g/mol. The minimum absolute atomic E-state index is 0.0606. The van der Waals surface area contributed by atoms with Gasteiger partial charge in [-0.3, -0.25) is 4.90 Å². The molecule has 1 heterocycles. The van der Waals surface area contributed by atoms with Crippen LogP contribution in [-0.4, -0.2) is 39.8 Å². The number of hydrogen-bond donors (Lipinski definition) is 1. The Morgan fingerprint density at radius 3 is 2.62 bits per heavy atom. The van der Waals surface area contributed by atoms with E-state index < -0.39 is 23.7 Å². The van der Waals surface area contributed by atoms with E-state index in [1.165, 1.54) is 4.90 Å². The summed E-state index contributed by atoms with van der Waals surface area (Å²) in [6.07, 6.45) is 7.31. The average Bonchev–Trinajstić information content (AvgIpc) is 2.92. The number of carbonyl (C=O) groups is 2. The second-order valence-electron chi connectivity index (χ2n) is 6.83. The van der Waals surface area contributed by atoms with Gasteiger partial charge in [0.1, 0.15) is 11.6 Å². The molecule has 1 saturated carbocycles. The number of likely N-dealkylation sites (tertiary alicyclic amines) is 1. The number of rotatable bonds is 4. The zero-order valence-electron chi connectivity index (χ0n) is 12.8. The van der Waals surface area contributed by atoms with Gasteiger partial charge in [-0.2, -0.15) is 0 Å². The largest absolute Gasteiger partial charge is 0.480 e. The normalized spacial score (nSPS) is 31.1. The Balaban J connectivity index is 2.15. The number of hydrogen-bond acceptors (Lipinski definition) is 3. The molecule has 5 nitrogen and oxygen atoms in total. The fourth-order valence-electron chi connectivity index (χ4n) is 2.99. The minimum Gasteiger partial charge on any atom is -0.480 e. The highest BCUT2D eigenvalue weighted by molar-refractivity contribution is 5.82. The summed E-state index contributed by atoms with van der Waals surface area (Å²) in [4.78, 5) is 25.1. The number of piperidine rings is 1. The van der Waals surface area contributed by atoms with Crippen molar-refractivity contribution >= 4 is 12.1 Å². The van der Waals surface area contributed by atoms with Crippen LogP contribution in [0.3, 0.4) is 0 Å². The number of carboxylic acids is 1. The topological polar surface area (TPSA) is 66.8 Å². The van der Waals surface area contributed by atoms with Crippen molar-refractivity contribution in [3.05, 3.63) is 24.8 Å². The molecule has 2 fully saturated rings. The number of amides is 1. The monoisotopic (exact) mass is 293 g/mol. The number of allylic oxidation sites excluding steroid dienone is 2. The van der Waals surface area contributed by atoms with E-state index in [2.05, 4.69) is 6.58 Å². The summed E-state index contributed by atoms with van der Waals surface area (Å²) in [6, 6.07) is -0.860. The molecule has 1 saturated heterocycles. The Hall–Kier alpha value is -1.78. The highest BCUT2D eigenvalue weighted by Gasteiger charge is 2.66.